The fourth-order valence-corrected chi connectivity index (χ4v) is 3.26. The van der Waals surface area contributed by atoms with Crippen molar-refractivity contribution in [2.75, 3.05) is 0 Å². The number of rotatable bonds is 5. The molecule has 1 N–H and O–H groups in total. The molecule has 0 radical (unpaired) electrons. The van der Waals surface area contributed by atoms with Crippen molar-refractivity contribution in [1.82, 2.24) is 20.0 Å². The number of aromatic amines is 1. The first-order chi connectivity index (χ1) is 12.3. The molecule has 5 heteroatoms. The normalized spacial score (nSPS) is 10.9. The fourth-order valence-electron chi connectivity index (χ4n) is 2.81. The summed E-state index contributed by atoms with van der Waals surface area (Å²) in [5.74, 6) is 0. The largest absolute Gasteiger partial charge is 0.280 e. The molecule has 124 valence electrons. The monoisotopic (exact) mass is 392 g/mol. The predicted molar refractivity (Wildman–Crippen MR) is 103 cm³/mol. The van der Waals surface area contributed by atoms with E-state index in [0.29, 0.717) is 6.54 Å². The third-order valence-electron chi connectivity index (χ3n) is 4.09. The molecule has 0 bridgehead atoms. The third kappa shape index (κ3) is 3.42. The molecule has 0 unspecified atom stereocenters. The van der Waals surface area contributed by atoms with E-state index in [1.807, 2.05) is 41.1 Å². The molecule has 0 fully saturated rings. The van der Waals surface area contributed by atoms with Gasteiger partial charge in [0.2, 0.25) is 0 Å². The molecule has 2 aromatic heterocycles. The second-order valence-electron chi connectivity index (χ2n) is 5.82. The highest BCUT2D eigenvalue weighted by molar-refractivity contribution is 9.08. The average Bonchev–Trinajstić information content (AvgIpc) is 3.30. The van der Waals surface area contributed by atoms with Crippen LogP contribution < -0.4 is 0 Å². The lowest BCUT2D eigenvalue weighted by atomic mass is 10.1. The maximum absolute atomic E-state index is 4.77. The van der Waals surface area contributed by atoms with Crippen LogP contribution in [-0.2, 0) is 11.9 Å². The van der Waals surface area contributed by atoms with E-state index < -0.39 is 0 Å². The number of nitrogens with one attached hydrogen (secondary N) is 1. The van der Waals surface area contributed by atoms with E-state index in [9.17, 15) is 0 Å². The van der Waals surface area contributed by atoms with E-state index in [-0.39, 0.29) is 0 Å². The molecule has 0 saturated carbocycles. The molecular weight excluding hydrogens is 376 g/mol. The number of halogens is 1. The van der Waals surface area contributed by atoms with Crippen LogP contribution in [0.4, 0.5) is 0 Å². The Balaban J connectivity index is 1.61. The molecular formula is C20H17BrN4. The summed E-state index contributed by atoms with van der Waals surface area (Å²) in [5, 5.41) is 13.1. The second-order valence-corrected chi connectivity index (χ2v) is 6.38. The summed E-state index contributed by atoms with van der Waals surface area (Å²) in [6.07, 6.45) is 0. The Morgan fingerprint density at radius 3 is 2.12 bits per heavy atom. The van der Waals surface area contributed by atoms with Gasteiger partial charge in [0.1, 0.15) is 0 Å². The van der Waals surface area contributed by atoms with E-state index in [0.717, 1.165) is 39.2 Å². The quantitative estimate of drug-likeness (QED) is 0.491. The van der Waals surface area contributed by atoms with Crippen molar-refractivity contribution in [3.63, 3.8) is 0 Å². The van der Waals surface area contributed by atoms with Crippen molar-refractivity contribution in [2.45, 2.75) is 11.9 Å². The molecule has 4 aromatic rings. The summed E-state index contributed by atoms with van der Waals surface area (Å²) < 4.78 is 2.01. The number of hydrogen-bond acceptors (Lipinski definition) is 2. The Hall–Kier alpha value is -2.66. The molecule has 2 heterocycles. The molecule has 0 aliphatic heterocycles. The summed E-state index contributed by atoms with van der Waals surface area (Å²) in [6.45, 7) is 0.660. The van der Waals surface area contributed by atoms with Crippen molar-refractivity contribution in [2.24, 2.45) is 0 Å². The number of alkyl halides is 1. The zero-order chi connectivity index (χ0) is 17.1. The molecule has 0 spiro atoms. The summed E-state index contributed by atoms with van der Waals surface area (Å²) >= 11 is 3.56. The van der Waals surface area contributed by atoms with Gasteiger partial charge < -0.3 is 0 Å². The van der Waals surface area contributed by atoms with E-state index in [4.69, 9.17) is 5.10 Å². The smallest absolute Gasteiger partial charge is 0.0926 e. The molecule has 0 amide bonds. The number of benzene rings is 2. The van der Waals surface area contributed by atoms with Crippen LogP contribution in [0.25, 0.3) is 22.5 Å². The lowest BCUT2D eigenvalue weighted by molar-refractivity contribution is 0.650. The minimum Gasteiger partial charge on any atom is -0.280 e. The highest BCUT2D eigenvalue weighted by Crippen LogP contribution is 2.22. The molecule has 4 rings (SSSR count). The van der Waals surface area contributed by atoms with Gasteiger partial charge in [-0.3, -0.25) is 9.78 Å². The molecule has 0 saturated heterocycles. The number of hydrogen-bond donors (Lipinski definition) is 1. The highest BCUT2D eigenvalue weighted by Gasteiger charge is 2.11. The lowest BCUT2D eigenvalue weighted by Crippen LogP contribution is -2.05. The first-order valence-electron chi connectivity index (χ1n) is 8.11. The molecule has 0 atom stereocenters. The Labute approximate surface area is 154 Å². The van der Waals surface area contributed by atoms with E-state index in [1.54, 1.807) is 0 Å². The van der Waals surface area contributed by atoms with E-state index in [1.165, 1.54) is 0 Å². The van der Waals surface area contributed by atoms with Crippen molar-refractivity contribution >= 4 is 15.9 Å². The minimum absolute atomic E-state index is 0.660. The number of aromatic nitrogens is 4. The third-order valence-corrected chi connectivity index (χ3v) is 4.66. The predicted octanol–water partition coefficient (Wildman–Crippen LogP) is 4.88. The van der Waals surface area contributed by atoms with Gasteiger partial charge >= 0.3 is 0 Å². The Morgan fingerprint density at radius 1 is 0.840 bits per heavy atom. The Bertz CT molecular complexity index is 958. The highest BCUT2D eigenvalue weighted by atomic mass is 79.9. The van der Waals surface area contributed by atoms with Crippen LogP contribution in [0.5, 0.6) is 0 Å². The van der Waals surface area contributed by atoms with Crippen molar-refractivity contribution in [3.05, 3.63) is 84.2 Å². The van der Waals surface area contributed by atoms with Crippen LogP contribution in [0.1, 0.15) is 11.4 Å². The number of H-pyrrole nitrogens is 1. The molecule has 0 aliphatic carbocycles. The van der Waals surface area contributed by atoms with Gasteiger partial charge in [0.05, 0.1) is 29.3 Å². The van der Waals surface area contributed by atoms with E-state index >= 15 is 0 Å². The van der Waals surface area contributed by atoms with Crippen molar-refractivity contribution in [3.8, 4) is 22.5 Å². The average molecular weight is 393 g/mol. The lowest BCUT2D eigenvalue weighted by Gasteiger charge is -2.02. The second kappa shape index (κ2) is 7.07. The zero-order valence-electron chi connectivity index (χ0n) is 13.6. The standard InChI is InChI=1S/C20H17BrN4/c21-13-18-12-20(16-9-5-2-6-10-16)24-25(18)14-17-11-19(23-22-17)15-7-3-1-4-8-15/h1-12H,13-14H2,(H,22,23). The topological polar surface area (TPSA) is 46.5 Å². The van der Waals surface area contributed by atoms with Crippen molar-refractivity contribution < 1.29 is 0 Å². The summed E-state index contributed by atoms with van der Waals surface area (Å²) in [4.78, 5) is 0. The molecule has 0 aliphatic rings. The first-order valence-corrected chi connectivity index (χ1v) is 9.23. The summed E-state index contributed by atoms with van der Waals surface area (Å²) in [5.41, 5.74) is 6.33. The molecule has 4 nitrogen and oxygen atoms in total. The Morgan fingerprint density at radius 2 is 1.48 bits per heavy atom. The molecule has 2 aromatic carbocycles. The van der Waals surface area contributed by atoms with Gasteiger partial charge in [0.25, 0.3) is 0 Å². The van der Waals surface area contributed by atoms with Gasteiger partial charge in [-0.15, -0.1) is 0 Å². The van der Waals surface area contributed by atoms with Gasteiger partial charge in [-0.2, -0.15) is 10.2 Å². The van der Waals surface area contributed by atoms with Gasteiger partial charge in [0, 0.05) is 16.5 Å². The maximum Gasteiger partial charge on any atom is 0.0926 e. The summed E-state index contributed by atoms with van der Waals surface area (Å²) in [7, 11) is 0. The van der Waals surface area contributed by atoms with Crippen LogP contribution in [0.3, 0.4) is 0 Å². The molecule has 25 heavy (non-hydrogen) atoms. The zero-order valence-corrected chi connectivity index (χ0v) is 15.1. The Kier molecular flexibility index (Phi) is 4.48. The maximum atomic E-state index is 4.77. The fraction of sp³-hybridized carbons (Fsp3) is 0.100. The van der Waals surface area contributed by atoms with Gasteiger partial charge in [-0.1, -0.05) is 76.6 Å². The van der Waals surface area contributed by atoms with Crippen molar-refractivity contribution in [1.29, 1.82) is 0 Å². The van der Waals surface area contributed by atoms with Gasteiger partial charge in [-0.25, -0.2) is 0 Å². The van der Waals surface area contributed by atoms with Crippen LogP contribution in [-0.4, -0.2) is 20.0 Å². The number of nitrogens with zero attached hydrogens (tertiary/aromatic N) is 3. The van der Waals surface area contributed by atoms with Gasteiger partial charge in [0.15, 0.2) is 0 Å². The van der Waals surface area contributed by atoms with Crippen LogP contribution >= 0.6 is 15.9 Å². The minimum atomic E-state index is 0.660. The van der Waals surface area contributed by atoms with E-state index in [2.05, 4.69) is 62.5 Å². The summed E-state index contributed by atoms with van der Waals surface area (Å²) in [6, 6.07) is 24.6. The van der Waals surface area contributed by atoms with Crippen LogP contribution in [0.2, 0.25) is 0 Å². The van der Waals surface area contributed by atoms with Gasteiger partial charge in [-0.05, 0) is 12.1 Å². The SMILES string of the molecule is BrCc1cc(-c2ccccc2)nn1Cc1cc(-c2ccccc2)n[nH]1. The first kappa shape index (κ1) is 15.8. The van der Waals surface area contributed by atoms with Crippen LogP contribution in [0, 0.1) is 0 Å². The van der Waals surface area contributed by atoms with Crippen LogP contribution in [0.15, 0.2) is 72.8 Å².